The summed E-state index contributed by atoms with van der Waals surface area (Å²) in [6.45, 7) is 0. The van der Waals surface area contributed by atoms with Crippen LogP contribution in [0.15, 0.2) is 46.9 Å². The van der Waals surface area contributed by atoms with Gasteiger partial charge >= 0.3 is 0 Å². The zero-order valence-corrected chi connectivity index (χ0v) is 9.96. The summed E-state index contributed by atoms with van der Waals surface area (Å²) in [6.07, 6.45) is 0. The summed E-state index contributed by atoms with van der Waals surface area (Å²) in [4.78, 5) is 0. The maximum absolute atomic E-state index is 13.0. The Morgan fingerprint density at radius 3 is 2.69 bits per heavy atom. The molecule has 16 heavy (non-hydrogen) atoms. The van der Waals surface area contributed by atoms with E-state index in [9.17, 15) is 4.39 Å². The first-order valence-corrected chi connectivity index (χ1v) is 5.52. The zero-order chi connectivity index (χ0) is 11.5. The molecule has 0 fully saturated rings. The highest BCUT2D eigenvalue weighted by Crippen LogP contribution is 2.27. The van der Waals surface area contributed by atoms with E-state index in [0.29, 0.717) is 11.4 Å². The second-order valence-electron chi connectivity index (χ2n) is 3.37. The number of nitrogen functional groups attached to an aromatic ring is 1. The molecule has 0 heterocycles. The molecule has 4 heteroatoms. The van der Waals surface area contributed by atoms with Crippen molar-refractivity contribution in [2.75, 3.05) is 11.1 Å². The highest BCUT2D eigenvalue weighted by Gasteiger charge is 2.02. The van der Waals surface area contributed by atoms with Crippen molar-refractivity contribution in [2.45, 2.75) is 0 Å². The topological polar surface area (TPSA) is 38.0 Å². The number of hydrogen-bond acceptors (Lipinski definition) is 2. The van der Waals surface area contributed by atoms with Crippen LogP contribution in [0.5, 0.6) is 0 Å². The van der Waals surface area contributed by atoms with Gasteiger partial charge in [-0.2, -0.15) is 0 Å². The minimum absolute atomic E-state index is 0.283. The van der Waals surface area contributed by atoms with Crippen LogP contribution in [0, 0.1) is 5.82 Å². The predicted molar refractivity (Wildman–Crippen MR) is 68.2 cm³/mol. The number of nitrogens with one attached hydrogen (secondary N) is 1. The van der Waals surface area contributed by atoms with Crippen LogP contribution in [-0.2, 0) is 0 Å². The van der Waals surface area contributed by atoms with Gasteiger partial charge < -0.3 is 11.1 Å². The first kappa shape index (κ1) is 11.0. The minimum Gasteiger partial charge on any atom is -0.399 e. The van der Waals surface area contributed by atoms with Gasteiger partial charge in [0.15, 0.2) is 0 Å². The molecule has 0 saturated carbocycles. The lowest BCUT2D eigenvalue weighted by molar-refractivity contribution is 0.628. The van der Waals surface area contributed by atoms with Crippen molar-refractivity contribution < 1.29 is 4.39 Å². The average Bonchev–Trinajstić information content (AvgIpc) is 2.24. The van der Waals surface area contributed by atoms with Crippen molar-refractivity contribution in [1.82, 2.24) is 0 Å². The van der Waals surface area contributed by atoms with Gasteiger partial charge in [0.05, 0.1) is 5.69 Å². The summed E-state index contributed by atoms with van der Waals surface area (Å²) in [6, 6.07) is 11.8. The third-order valence-corrected chi connectivity index (χ3v) is 2.79. The summed E-state index contributed by atoms with van der Waals surface area (Å²) in [5.74, 6) is -0.283. The predicted octanol–water partition coefficient (Wildman–Crippen LogP) is 3.91. The van der Waals surface area contributed by atoms with E-state index in [1.807, 2.05) is 12.1 Å². The monoisotopic (exact) mass is 280 g/mol. The first-order valence-electron chi connectivity index (χ1n) is 4.73. The quantitative estimate of drug-likeness (QED) is 0.819. The highest BCUT2D eigenvalue weighted by molar-refractivity contribution is 9.10. The van der Waals surface area contributed by atoms with E-state index < -0.39 is 0 Å². The number of nitrogens with two attached hydrogens (primary N) is 1. The van der Waals surface area contributed by atoms with Gasteiger partial charge in [-0.05, 0) is 52.3 Å². The SMILES string of the molecule is Nc1cccc(Nc2cc(F)ccc2Br)c1. The van der Waals surface area contributed by atoms with Gasteiger partial charge in [-0.25, -0.2) is 4.39 Å². The van der Waals surface area contributed by atoms with Crippen LogP contribution < -0.4 is 11.1 Å². The van der Waals surface area contributed by atoms with Crippen molar-refractivity contribution >= 4 is 33.0 Å². The molecule has 2 aromatic rings. The van der Waals surface area contributed by atoms with Gasteiger partial charge in [0.25, 0.3) is 0 Å². The third-order valence-electron chi connectivity index (χ3n) is 2.09. The molecule has 0 aliphatic rings. The molecule has 2 rings (SSSR count). The molecule has 0 aliphatic carbocycles. The van der Waals surface area contributed by atoms with Crippen molar-refractivity contribution in [3.05, 3.63) is 52.8 Å². The molecule has 0 bridgehead atoms. The summed E-state index contributed by atoms with van der Waals surface area (Å²) < 4.78 is 13.8. The first-order chi connectivity index (χ1) is 7.65. The number of benzene rings is 2. The summed E-state index contributed by atoms with van der Waals surface area (Å²) in [7, 11) is 0. The maximum Gasteiger partial charge on any atom is 0.125 e. The Balaban J connectivity index is 2.30. The number of halogens is 2. The summed E-state index contributed by atoms with van der Waals surface area (Å²) in [5.41, 5.74) is 7.82. The van der Waals surface area contributed by atoms with Crippen LogP contribution in [0.25, 0.3) is 0 Å². The van der Waals surface area contributed by atoms with Crippen molar-refractivity contribution in [2.24, 2.45) is 0 Å². The lowest BCUT2D eigenvalue weighted by Crippen LogP contribution is -1.93. The third kappa shape index (κ3) is 2.52. The molecular weight excluding hydrogens is 271 g/mol. The van der Waals surface area contributed by atoms with E-state index in [1.165, 1.54) is 12.1 Å². The number of rotatable bonds is 2. The fourth-order valence-electron chi connectivity index (χ4n) is 1.37. The standard InChI is InChI=1S/C12H10BrFN2/c13-11-5-4-8(14)6-12(11)16-10-3-1-2-9(15)7-10/h1-7,16H,15H2. The second-order valence-corrected chi connectivity index (χ2v) is 4.23. The van der Waals surface area contributed by atoms with Crippen LogP contribution in [0.1, 0.15) is 0 Å². The van der Waals surface area contributed by atoms with E-state index in [2.05, 4.69) is 21.2 Å². The highest BCUT2D eigenvalue weighted by atomic mass is 79.9. The maximum atomic E-state index is 13.0. The summed E-state index contributed by atoms with van der Waals surface area (Å²) in [5, 5.41) is 3.09. The van der Waals surface area contributed by atoms with E-state index in [0.717, 1.165) is 10.2 Å². The van der Waals surface area contributed by atoms with Crippen molar-refractivity contribution in [3.63, 3.8) is 0 Å². The fraction of sp³-hybridized carbons (Fsp3) is 0. The van der Waals surface area contributed by atoms with E-state index in [-0.39, 0.29) is 5.82 Å². The van der Waals surface area contributed by atoms with Gasteiger partial charge in [0.2, 0.25) is 0 Å². The Hall–Kier alpha value is -1.55. The second kappa shape index (κ2) is 4.53. The van der Waals surface area contributed by atoms with Crippen LogP contribution in [0.2, 0.25) is 0 Å². The molecule has 3 N–H and O–H groups in total. The van der Waals surface area contributed by atoms with E-state index >= 15 is 0 Å². The largest absolute Gasteiger partial charge is 0.399 e. The summed E-state index contributed by atoms with van der Waals surface area (Å²) >= 11 is 3.35. The molecular formula is C12H10BrFN2. The molecule has 82 valence electrons. The number of anilines is 3. The molecule has 0 aliphatic heterocycles. The Labute approximate surface area is 101 Å². The minimum atomic E-state index is -0.283. The van der Waals surface area contributed by atoms with Crippen molar-refractivity contribution in [3.8, 4) is 0 Å². The Morgan fingerprint density at radius 1 is 1.12 bits per heavy atom. The zero-order valence-electron chi connectivity index (χ0n) is 8.37. The van der Waals surface area contributed by atoms with E-state index in [4.69, 9.17) is 5.73 Å². The number of hydrogen-bond donors (Lipinski definition) is 2. The van der Waals surface area contributed by atoms with Gasteiger partial charge in [0, 0.05) is 15.8 Å². The Bertz CT molecular complexity index is 514. The van der Waals surface area contributed by atoms with Crippen LogP contribution in [0.4, 0.5) is 21.5 Å². The average molecular weight is 281 g/mol. The smallest absolute Gasteiger partial charge is 0.125 e. The molecule has 0 aromatic heterocycles. The molecule has 0 spiro atoms. The molecule has 0 atom stereocenters. The van der Waals surface area contributed by atoms with Gasteiger partial charge in [0.1, 0.15) is 5.82 Å². The normalized spacial score (nSPS) is 10.1. The lowest BCUT2D eigenvalue weighted by Gasteiger charge is -2.09. The van der Waals surface area contributed by atoms with Crippen LogP contribution in [-0.4, -0.2) is 0 Å². The van der Waals surface area contributed by atoms with Gasteiger partial charge in [-0.15, -0.1) is 0 Å². The van der Waals surface area contributed by atoms with Crippen LogP contribution >= 0.6 is 15.9 Å². The van der Waals surface area contributed by atoms with Gasteiger partial charge in [-0.3, -0.25) is 0 Å². The van der Waals surface area contributed by atoms with Gasteiger partial charge in [-0.1, -0.05) is 6.07 Å². The fourth-order valence-corrected chi connectivity index (χ4v) is 1.71. The molecule has 0 radical (unpaired) electrons. The molecule has 0 saturated heterocycles. The lowest BCUT2D eigenvalue weighted by atomic mass is 10.2. The van der Waals surface area contributed by atoms with Crippen molar-refractivity contribution in [1.29, 1.82) is 0 Å². The molecule has 0 amide bonds. The molecule has 2 nitrogen and oxygen atoms in total. The Kier molecular flexibility index (Phi) is 3.10. The van der Waals surface area contributed by atoms with Crippen LogP contribution in [0.3, 0.4) is 0 Å². The molecule has 2 aromatic carbocycles. The van der Waals surface area contributed by atoms with E-state index in [1.54, 1.807) is 18.2 Å². The molecule has 0 unspecified atom stereocenters. The Morgan fingerprint density at radius 2 is 1.94 bits per heavy atom.